The van der Waals surface area contributed by atoms with Gasteiger partial charge in [-0.25, -0.2) is 4.39 Å². The highest BCUT2D eigenvalue weighted by molar-refractivity contribution is 5.97. The average Bonchev–Trinajstić information content (AvgIpc) is 2.79. The van der Waals surface area contributed by atoms with Gasteiger partial charge < -0.3 is 9.64 Å². The van der Waals surface area contributed by atoms with Crippen LogP contribution in [-0.2, 0) is 4.79 Å². The van der Waals surface area contributed by atoms with Crippen LogP contribution in [0.25, 0.3) is 0 Å². The number of amides is 1. The molecule has 1 saturated heterocycles. The molecule has 0 spiro atoms. The summed E-state index contributed by atoms with van der Waals surface area (Å²) in [6.45, 7) is 2.19. The lowest BCUT2D eigenvalue weighted by atomic mass is 10.0. The first-order chi connectivity index (χ1) is 14.5. The van der Waals surface area contributed by atoms with E-state index in [1.54, 1.807) is 12.0 Å². The van der Waals surface area contributed by atoms with E-state index in [4.69, 9.17) is 4.74 Å². The number of rotatable bonds is 7. The SMILES string of the molecule is COc1ccc(C(C#N)N2CCN(C(=O)CCC(=O)c3ccc(F)cc3)CC2)cc1. The Morgan fingerprint density at radius 2 is 1.67 bits per heavy atom. The standard InChI is InChI=1S/C23H24FN3O3/c1-30-20-8-4-17(5-9-20)21(16-25)26-12-14-27(15-13-26)23(29)11-10-22(28)18-2-6-19(24)7-3-18/h2-9,21H,10-15H2,1H3. The molecule has 0 aromatic heterocycles. The summed E-state index contributed by atoms with van der Waals surface area (Å²) in [5.41, 5.74) is 1.30. The van der Waals surface area contributed by atoms with Crippen molar-refractivity contribution >= 4 is 11.7 Å². The Bertz CT molecular complexity index is 914. The van der Waals surface area contributed by atoms with Crippen molar-refractivity contribution < 1.29 is 18.7 Å². The second kappa shape index (κ2) is 9.99. The lowest BCUT2D eigenvalue weighted by Crippen LogP contribution is -2.49. The number of nitriles is 1. The Hall–Kier alpha value is -3.24. The highest BCUT2D eigenvalue weighted by atomic mass is 19.1. The van der Waals surface area contributed by atoms with Crippen LogP contribution in [0.2, 0.25) is 0 Å². The zero-order valence-electron chi connectivity index (χ0n) is 16.9. The van der Waals surface area contributed by atoms with Gasteiger partial charge in [-0.15, -0.1) is 0 Å². The summed E-state index contributed by atoms with van der Waals surface area (Å²) in [5, 5.41) is 9.64. The van der Waals surface area contributed by atoms with E-state index < -0.39 is 5.82 Å². The highest BCUT2D eigenvalue weighted by Crippen LogP contribution is 2.24. The highest BCUT2D eigenvalue weighted by Gasteiger charge is 2.27. The summed E-state index contributed by atoms with van der Waals surface area (Å²) in [6.07, 6.45) is 0.216. The fraction of sp³-hybridized carbons (Fsp3) is 0.348. The second-order valence-electron chi connectivity index (χ2n) is 7.15. The van der Waals surface area contributed by atoms with Crippen molar-refractivity contribution in [2.45, 2.75) is 18.9 Å². The van der Waals surface area contributed by atoms with Gasteiger partial charge in [-0.3, -0.25) is 14.5 Å². The molecule has 1 atom stereocenters. The number of piperazine rings is 1. The van der Waals surface area contributed by atoms with E-state index in [2.05, 4.69) is 11.0 Å². The van der Waals surface area contributed by atoms with Gasteiger partial charge in [0.25, 0.3) is 0 Å². The molecule has 0 saturated carbocycles. The monoisotopic (exact) mass is 409 g/mol. The third-order valence-electron chi connectivity index (χ3n) is 5.32. The smallest absolute Gasteiger partial charge is 0.223 e. The predicted octanol–water partition coefficient (Wildman–Crippen LogP) is 3.21. The predicted molar refractivity (Wildman–Crippen MR) is 109 cm³/mol. The quantitative estimate of drug-likeness (QED) is 0.657. The minimum atomic E-state index is -0.397. The first-order valence-electron chi connectivity index (χ1n) is 9.86. The van der Waals surface area contributed by atoms with E-state index in [0.29, 0.717) is 31.7 Å². The normalized spacial score (nSPS) is 15.3. The lowest BCUT2D eigenvalue weighted by molar-refractivity contribution is -0.133. The molecule has 0 N–H and O–H groups in total. The van der Waals surface area contributed by atoms with Gasteiger partial charge in [-0.05, 0) is 42.0 Å². The first kappa shape index (κ1) is 21.5. The van der Waals surface area contributed by atoms with Gasteiger partial charge in [0.2, 0.25) is 5.91 Å². The van der Waals surface area contributed by atoms with Gasteiger partial charge in [0.05, 0.1) is 13.2 Å². The molecule has 3 rings (SSSR count). The maximum Gasteiger partial charge on any atom is 0.223 e. The van der Waals surface area contributed by atoms with Crippen LogP contribution in [0.3, 0.4) is 0 Å². The molecule has 30 heavy (non-hydrogen) atoms. The van der Waals surface area contributed by atoms with E-state index >= 15 is 0 Å². The van der Waals surface area contributed by atoms with E-state index in [-0.39, 0.29) is 30.6 Å². The van der Waals surface area contributed by atoms with E-state index in [1.165, 1.54) is 24.3 Å². The van der Waals surface area contributed by atoms with E-state index in [9.17, 15) is 19.2 Å². The van der Waals surface area contributed by atoms with Crippen LogP contribution in [-0.4, -0.2) is 54.8 Å². The summed E-state index contributed by atoms with van der Waals surface area (Å²) < 4.78 is 18.1. The molecule has 1 heterocycles. The van der Waals surface area contributed by atoms with Crippen molar-refractivity contribution in [3.63, 3.8) is 0 Å². The number of methoxy groups -OCH3 is 1. The van der Waals surface area contributed by atoms with Crippen LogP contribution in [0, 0.1) is 17.1 Å². The molecular weight excluding hydrogens is 385 g/mol. The molecule has 0 aliphatic carbocycles. The molecule has 2 aromatic carbocycles. The number of halogens is 1. The number of ketones is 1. The molecule has 1 fully saturated rings. The number of ether oxygens (including phenoxy) is 1. The Labute approximate surface area is 175 Å². The Morgan fingerprint density at radius 1 is 1.03 bits per heavy atom. The van der Waals surface area contributed by atoms with Crippen molar-refractivity contribution in [1.29, 1.82) is 5.26 Å². The molecule has 2 aromatic rings. The molecule has 1 aliphatic heterocycles. The van der Waals surface area contributed by atoms with Crippen LogP contribution in [0.5, 0.6) is 5.75 Å². The second-order valence-corrected chi connectivity index (χ2v) is 7.15. The average molecular weight is 409 g/mol. The zero-order valence-corrected chi connectivity index (χ0v) is 16.9. The number of benzene rings is 2. The fourth-order valence-corrected chi connectivity index (χ4v) is 3.54. The van der Waals surface area contributed by atoms with Crippen LogP contribution >= 0.6 is 0 Å². The van der Waals surface area contributed by atoms with Gasteiger partial charge in [0.1, 0.15) is 17.6 Å². The maximum atomic E-state index is 13.0. The molecule has 156 valence electrons. The van der Waals surface area contributed by atoms with Crippen molar-refractivity contribution in [2.75, 3.05) is 33.3 Å². The van der Waals surface area contributed by atoms with Gasteiger partial charge in [-0.1, -0.05) is 12.1 Å². The third kappa shape index (κ3) is 5.22. The molecule has 1 aliphatic rings. The number of hydrogen-bond acceptors (Lipinski definition) is 5. The number of carbonyl (C=O) groups is 2. The summed E-state index contributed by atoms with van der Waals surface area (Å²) >= 11 is 0. The number of nitrogens with zero attached hydrogens (tertiary/aromatic N) is 3. The van der Waals surface area contributed by atoms with E-state index in [1.807, 2.05) is 24.3 Å². The molecular formula is C23H24FN3O3. The molecule has 7 heteroatoms. The Kier molecular flexibility index (Phi) is 7.15. The van der Waals surface area contributed by atoms with Crippen LogP contribution in [0.1, 0.15) is 34.8 Å². The summed E-state index contributed by atoms with van der Waals surface area (Å²) in [7, 11) is 1.60. The summed E-state index contributed by atoms with van der Waals surface area (Å²) in [5.74, 6) is 0.0842. The Balaban J connectivity index is 1.50. The van der Waals surface area contributed by atoms with Crippen LogP contribution in [0.4, 0.5) is 4.39 Å². The molecule has 6 nitrogen and oxygen atoms in total. The number of carbonyl (C=O) groups excluding carboxylic acids is 2. The largest absolute Gasteiger partial charge is 0.497 e. The molecule has 0 bridgehead atoms. The minimum absolute atomic E-state index is 0.0805. The third-order valence-corrected chi connectivity index (χ3v) is 5.32. The topological polar surface area (TPSA) is 73.6 Å². The fourth-order valence-electron chi connectivity index (χ4n) is 3.54. The summed E-state index contributed by atoms with van der Waals surface area (Å²) in [4.78, 5) is 28.5. The summed E-state index contributed by atoms with van der Waals surface area (Å²) in [6, 6.07) is 14.7. The number of Topliss-reactive ketones (excluding diaryl/α,β-unsaturated/α-hetero) is 1. The zero-order chi connectivity index (χ0) is 21.5. The van der Waals surface area contributed by atoms with Crippen molar-refractivity contribution in [2.24, 2.45) is 0 Å². The Morgan fingerprint density at radius 3 is 2.23 bits per heavy atom. The lowest BCUT2D eigenvalue weighted by Gasteiger charge is -2.37. The minimum Gasteiger partial charge on any atom is -0.497 e. The first-order valence-corrected chi connectivity index (χ1v) is 9.86. The van der Waals surface area contributed by atoms with Crippen LogP contribution < -0.4 is 4.74 Å². The van der Waals surface area contributed by atoms with Gasteiger partial charge >= 0.3 is 0 Å². The van der Waals surface area contributed by atoms with Crippen LogP contribution in [0.15, 0.2) is 48.5 Å². The van der Waals surface area contributed by atoms with Crippen molar-refractivity contribution in [3.05, 3.63) is 65.5 Å². The van der Waals surface area contributed by atoms with Gasteiger partial charge in [0.15, 0.2) is 5.78 Å². The maximum absolute atomic E-state index is 13.0. The van der Waals surface area contributed by atoms with Crippen molar-refractivity contribution in [1.82, 2.24) is 9.80 Å². The molecule has 1 amide bonds. The molecule has 0 radical (unpaired) electrons. The molecule has 1 unspecified atom stereocenters. The number of hydrogen-bond donors (Lipinski definition) is 0. The van der Waals surface area contributed by atoms with Gasteiger partial charge in [0, 0.05) is 44.6 Å². The van der Waals surface area contributed by atoms with Gasteiger partial charge in [-0.2, -0.15) is 5.26 Å². The van der Waals surface area contributed by atoms with E-state index in [0.717, 1.165) is 11.3 Å². The van der Waals surface area contributed by atoms with Crippen molar-refractivity contribution in [3.8, 4) is 11.8 Å².